The Morgan fingerprint density at radius 1 is 1.20 bits per heavy atom. The second-order valence-corrected chi connectivity index (χ2v) is 3.32. The summed E-state index contributed by atoms with van der Waals surface area (Å²) in [6.45, 7) is 0. The molecule has 1 saturated carbocycles. The third-order valence-electron chi connectivity index (χ3n) is 2.91. The van der Waals surface area contributed by atoms with Crippen molar-refractivity contribution in [3.63, 3.8) is 0 Å². The predicted octanol–water partition coefficient (Wildman–Crippen LogP) is 0.385. The summed E-state index contributed by atoms with van der Waals surface area (Å²) in [6, 6.07) is 0. The fraction of sp³-hybridized carbons (Fsp3) is 0.625. The highest BCUT2D eigenvalue weighted by Crippen LogP contribution is 2.59. The van der Waals surface area contributed by atoms with Crippen molar-refractivity contribution in [2.24, 2.45) is 17.8 Å². The molecule has 0 aromatic heterocycles. The van der Waals surface area contributed by atoms with Gasteiger partial charge in [-0.1, -0.05) is 12.2 Å². The van der Waals surface area contributed by atoms with Crippen molar-refractivity contribution in [3.8, 4) is 0 Å². The van der Waals surface area contributed by atoms with Crippen LogP contribution >= 0.6 is 0 Å². The predicted molar refractivity (Wildman–Crippen MR) is 34.3 cm³/mol. The van der Waals surface area contributed by atoms with Crippen molar-refractivity contribution in [1.29, 1.82) is 0 Å². The van der Waals surface area contributed by atoms with Crippen LogP contribution in [0.5, 0.6) is 0 Å². The third-order valence-corrected chi connectivity index (χ3v) is 2.91. The summed E-state index contributed by atoms with van der Waals surface area (Å²) in [5.41, 5.74) is 0. The quantitative estimate of drug-likeness (QED) is 0.385. The highest BCUT2D eigenvalue weighted by molar-refractivity contribution is 5.62. The molecule has 0 spiro atoms. The molecule has 2 nitrogen and oxygen atoms in total. The number of rotatable bonds is 1. The zero-order valence-electron chi connectivity index (χ0n) is 5.44. The first-order valence-electron chi connectivity index (χ1n) is 3.71. The highest BCUT2D eigenvalue weighted by Gasteiger charge is 2.64. The second kappa shape index (κ2) is 1.35. The normalized spacial score (nSPS) is 60.6. The molecule has 0 N–H and O–H groups in total. The molecule has 5 atom stereocenters. The SMILES string of the molecule is O=CC1[C@@H]2[C@H]1[C@H]1C=C[C@@H]2O1. The number of hydrogen-bond donors (Lipinski definition) is 0. The smallest absolute Gasteiger partial charge is 0.123 e. The first-order chi connectivity index (χ1) is 4.92. The second-order valence-electron chi connectivity index (χ2n) is 3.32. The van der Waals surface area contributed by atoms with Gasteiger partial charge in [0.1, 0.15) is 6.29 Å². The molecule has 0 amide bonds. The summed E-state index contributed by atoms with van der Waals surface area (Å²) < 4.78 is 5.50. The first-order valence-corrected chi connectivity index (χ1v) is 3.71. The molecule has 2 heterocycles. The summed E-state index contributed by atoms with van der Waals surface area (Å²) in [5.74, 6) is 1.42. The zero-order valence-corrected chi connectivity index (χ0v) is 5.44. The van der Waals surface area contributed by atoms with Crippen LogP contribution in [-0.2, 0) is 9.53 Å². The summed E-state index contributed by atoms with van der Waals surface area (Å²) in [7, 11) is 0. The van der Waals surface area contributed by atoms with Gasteiger partial charge in [-0.2, -0.15) is 0 Å². The van der Waals surface area contributed by atoms with Crippen LogP contribution < -0.4 is 0 Å². The Bertz CT molecular complexity index is 203. The van der Waals surface area contributed by atoms with E-state index in [0.717, 1.165) is 6.29 Å². The molecular weight excluding hydrogens is 128 g/mol. The standard InChI is InChI=1S/C8H8O2/c9-3-4-7-5-1-2-6(10-5)8(4)7/h1-8H/t4?,5-,6+,7-,8+. The minimum absolute atomic E-state index is 0.283. The van der Waals surface area contributed by atoms with E-state index in [1.165, 1.54) is 0 Å². The molecule has 2 bridgehead atoms. The first kappa shape index (κ1) is 5.08. The lowest BCUT2D eigenvalue weighted by Gasteiger charge is -2.05. The number of carbonyl (C=O) groups is 1. The molecule has 0 aromatic rings. The monoisotopic (exact) mass is 136 g/mol. The number of fused-ring (bicyclic) bond motifs is 5. The van der Waals surface area contributed by atoms with E-state index in [1.54, 1.807) is 0 Å². The molecule has 2 heteroatoms. The van der Waals surface area contributed by atoms with Crippen LogP contribution in [0.3, 0.4) is 0 Å². The molecule has 3 rings (SSSR count). The third kappa shape index (κ3) is 0.372. The molecule has 2 aliphatic heterocycles. The molecule has 1 saturated heterocycles. The van der Waals surface area contributed by atoms with Crippen molar-refractivity contribution >= 4 is 6.29 Å². The van der Waals surface area contributed by atoms with Gasteiger partial charge in [0.2, 0.25) is 0 Å². The lowest BCUT2D eigenvalue weighted by molar-refractivity contribution is -0.110. The van der Waals surface area contributed by atoms with E-state index in [-0.39, 0.29) is 12.2 Å². The molecule has 3 aliphatic rings. The van der Waals surface area contributed by atoms with Crippen LogP contribution in [0.1, 0.15) is 0 Å². The van der Waals surface area contributed by atoms with E-state index in [2.05, 4.69) is 12.2 Å². The maximum absolute atomic E-state index is 10.4. The fourth-order valence-corrected chi connectivity index (χ4v) is 2.37. The molecule has 1 unspecified atom stereocenters. The lowest BCUT2D eigenvalue weighted by atomic mass is 10.1. The maximum Gasteiger partial charge on any atom is 0.123 e. The molecule has 10 heavy (non-hydrogen) atoms. The van der Waals surface area contributed by atoms with E-state index in [0.29, 0.717) is 17.8 Å². The van der Waals surface area contributed by atoms with Gasteiger partial charge in [-0.25, -0.2) is 0 Å². The van der Waals surface area contributed by atoms with E-state index in [4.69, 9.17) is 4.74 Å². The van der Waals surface area contributed by atoms with Gasteiger partial charge in [-0.3, -0.25) is 0 Å². The Labute approximate surface area is 58.9 Å². The molecule has 52 valence electrons. The lowest BCUT2D eigenvalue weighted by Crippen LogP contribution is -2.10. The van der Waals surface area contributed by atoms with Crippen LogP contribution in [0.4, 0.5) is 0 Å². The average molecular weight is 136 g/mol. The number of hydrogen-bond acceptors (Lipinski definition) is 2. The minimum Gasteiger partial charge on any atom is -0.366 e. The summed E-state index contributed by atoms with van der Waals surface area (Å²) in [6.07, 6.45) is 5.84. The fourth-order valence-electron chi connectivity index (χ4n) is 2.37. The summed E-state index contributed by atoms with van der Waals surface area (Å²) in [5, 5.41) is 0. The summed E-state index contributed by atoms with van der Waals surface area (Å²) in [4.78, 5) is 10.4. The van der Waals surface area contributed by atoms with Gasteiger partial charge in [0.05, 0.1) is 12.2 Å². The topological polar surface area (TPSA) is 26.3 Å². The van der Waals surface area contributed by atoms with Crippen LogP contribution in [-0.4, -0.2) is 18.5 Å². The van der Waals surface area contributed by atoms with Crippen molar-refractivity contribution in [2.45, 2.75) is 12.2 Å². The van der Waals surface area contributed by atoms with Crippen LogP contribution in [0, 0.1) is 17.8 Å². The van der Waals surface area contributed by atoms with Crippen molar-refractivity contribution in [2.75, 3.05) is 0 Å². The average Bonchev–Trinajstić information content (AvgIpc) is 2.36. The van der Waals surface area contributed by atoms with Crippen LogP contribution in [0.15, 0.2) is 12.2 Å². The molecule has 2 fully saturated rings. The van der Waals surface area contributed by atoms with Gasteiger partial charge in [0.25, 0.3) is 0 Å². The number of ether oxygens (including phenoxy) is 1. The molecule has 1 aliphatic carbocycles. The Kier molecular flexibility index (Phi) is 0.684. The summed E-state index contributed by atoms with van der Waals surface area (Å²) >= 11 is 0. The Balaban J connectivity index is 1.95. The largest absolute Gasteiger partial charge is 0.366 e. The number of carbonyl (C=O) groups excluding carboxylic acids is 1. The van der Waals surface area contributed by atoms with E-state index in [9.17, 15) is 4.79 Å². The molecule has 0 aromatic carbocycles. The zero-order chi connectivity index (χ0) is 6.72. The maximum atomic E-state index is 10.4. The van der Waals surface area contributed by atoms with Gasteiger partial charge in [0.15, 0.2) is 0 Å². The Morgan fingerprint density at radius 3 is 2.30 bits per heavy atom. The van der Waals surface area contributed by atoms with Crippen molar-refractivity contribution in [3.05, 3.63) is 12.2 Å². The highest BCUT2D eigenvalue weighted by atomic mass is 16.5. The van der Waals surface area contributed by atoms with Gasteiger partial charge in [0, 0.05) is 17.8 Å². The van der Waals surface area contributed by atoms with Gasteiger partial charge < -0.3 is 9.53 Å². The molecule has 0 radical (unpaired) electrons. The van der Waals surface area contributed by atoms with Crippen LogP contribution in [0.2, 0.25) is 0 Å². The molecular formula is C8H8O2. The van der Waals surface area contributed by atoms with Crippen molar-refractivity contribution in [1.82, 2.24) is 0 Å². The van der Waals surface area contributed by atoms with E-state index in [1.807, 2.05) is 0 Å². The van der Waals surface area contributed by atoms with Gasteiger partial charge in [-0.15, -0.1) is 0 Å². The Morgan fingerprint density at radius 2 is 1.80 bits per heavy atom. The van der Waals surface area contributed by atoms with E-state index >= 15 is 0 Å². The van der Waals surface area contributed by atoms with Gasteiger partial charge in [-0.05, 0) is 0 Å². The van der Waals surface area contributed by atoms with Crippen LogP contribution in [0.25, 0.3) is 0 Å². The van der Waals surface area contributed by atoms with E-state index < -0.39 is 0 Å². The van der Waals surface area contributed by atoms with Gasteiger partial charge >= 0.3 is 0 Å². The number of aldehydes is 1. The minimum atomic E-state index is 0.283. The Hall–Kier alpha value is -0.630. The van der Waals surface area contributed by atoms with Crippen molar-refractivity contribution < 1.29 is 9.53 Å².